The van der Waals surface area contributed by atoms with E-state index in [4.69, 9.17) is 14.2 Å². The summed E-state index contributed by atoms with van der Waals surface area (Å²) in [5.74, 6) is 0.451. The summed E-state index contributed by atoms with van der Waals surface area (Å²) in [7, 11) is 0. The summed E-state index contributed by atoms with van der Waals surface area (Å²) >= 11 is 0. The Morgan fingerprint density at radius 2 is 1.76 bits per heavy atom. The van der Waals surface area contributed by atoms with Crippen LogP contribution in [0.15, 0.2) is 48.5 Å². The SMILES string of the molecule is CCOc1ccccc1OCCC(=O)OCC(=O)N[C@@H]1CCCc2ccccc21. The first kappa shape index (κ1) is 20.7. The van der Waals surface area contributed by atoms with Gasteiger partial charge in [0.2, 0.25) is 0 Å². The lowest BCUT2D eigenvalue weighted by Crippen LogP contribution is -2.34. The number of carbonyl (C=O) groups excluding carboxylic acids is 2. The lowest BCUT2D eigenvalue weighted by Gasteiger charge is -2.26. The summed E-state index contributed by atoms with van der Waals surface area (Å²) in [5, 5.41) is 2.97. The van der Waals surface area contributed by atoms with Gasteiger partial charge in [0.1, 0.15) is 0 Å². The van der Waals surface area contributed by atoms with E-state index in [9.17, 15) is 9.59 Å². The quantitative estimate of drug-likeness (QED) is 0.655. The Kier molecular flexibility index (Phi) is 7.50. The number of aryl methyl sites for hydroxylation is 1. The molecule has 0 radical (unpaired) electrons. The molecule has 0 bridgehead atoms. The van der Waals surface area contributed by atoms with Crippen LogP contribution < -0.4 is 14.8 Å². The lowest BCUT2D eigenvalue weighted by atomic mass is 9.88. The van der Waals surface area contributed by atoms with Crippen LogP contribution in [0.2, 0.25) is 0 Å². The summed E-state index contributed by atoms with van der Waals surface area (Å²) < 4.78 is 16.2. The highest BCUT2D eigenvalue weighted by atomic mass is 16.5. The molecule has 1 atom stereocenters. The van der Waals surface area contributed by atoms with Crippen LogP contribution in [-0.4, -0.2) is 31.7 Å². The van der Waals surface area contributed by atoms with E-state index in [0.717, 1.165) is 24.8 Å². The van der Waals surface area contributed by atoms with E-state index < -0.39 is 5.97 Å². The smallest absolute Gasteiger partial charge is 0.309 e. The molecule has 6 heteroatoms. The highest BCUT2D eigenvalue weighted by Crippen LogP contribution is 2.29. The number of hydrogen-bond acceptors (Lipinski definition) is 5. The third-order valence-corrected chi connectivity index (χ3v) is 4.78. The van der Waals surface area contributed by atoms with Crippen molar-refractivity contribution in [2.45, 2.75) is 38.6 Å². The zero-order valence-corrected chi connectivity index (χ0v) is 16.7. The number of rotatable bonds is 9. The van der Waals surface area contributed by atoms with E-state index in [1.165, 1.54) is 5.56 Å². The molecule has 29 heavy (non-hydrogen) atoms. The Labute approximate surface area is 171 Å². The van der Waals surface area contributed by atoms with Gasteiger partial charge < -0.3 is 19.5 Å². The Bertz CT molecular complexity index is 836. The molecular formula is C23H27NO5. The van der Waals surface area contributed by atoms with Gasteiger partial charge in [-0.15, -0.1) is 0 Å². The zero-order valence-electron chi connectivity index (χ0n) is 16.7. The molecule has 6 nitrogen and oxygen atoms in total. The summed E-state index contributed by atoms with van der Waals surface area (Å²) in [6.07, 6.45) is 3.01. The topological polar surface area (TPSA) is 73.9 Å². The fourth-order valence-electron chi connectivity index (χ4n) is 3.45. The van der Waals surface area contributed by atoms with Crippen LogP contribution in [0.4, 0.5) is 0 Å². The van der Waals surface area contributed by atoms with Gasteiger partial charge in [0, 0.05) is 0 Å². The molecule has 0 aromatic heterocycles. The molecule has 3 rings (SSSR count). The number of esters is 1. The number of benzene rings is 2. The van der Waals surface area contributed by atoms with Crippen molar-refractivity contribution >= 4 is 11.9 Å². The van der Waals surface area contributed by atoms with Gasteiger partial charge in [0.25, 0.3) is 5.91 Å². The zero-order chi connectivity index (χ0) is 20.5. The van der Waals surface area contributed by atoms with E-state index in [1.807, 2.05) is 43.3 Å². The number of fused-ring (bicyclic) bond motifs is 1. The van der Waals surface area contributed by atoms with E-state index in [0.29, 0.717) is 18.1 Å². The summed E-state index contributed by atoms with van der Waals surface area (Å²) in [4.78, 5) is 24.1. The van der Waals surface area contributed by atoms with Crippen molar-refractivity contribution in [3.8, 4) is 11.5 Å². The van der Waals surface area contributed by atoms with E-state index in [2.05, 4.69) is 11.4 Å². The molecule has 154 valence electrons. The van der Waals surface area contributed by atoms with Crippen molar-refractivity contribution in [1.29, 1.82) is 0 Å². The standard InChI is InChI=1S/C23H27NO5/c1-2-27-20-12-5-6-13-21(20)28-15-14-23(26)29-16-22(25)24-19-11-7-9-17-8-3-4-10-18(17)19/h3-6,8,10,12-13,19H,2,7,9,11,14-16H2,1H3,(H,24,25)/t19-/m1/s1. The van der Waals surface area contributed by atoms with Gasteiger partial charge in [-0.25, -0.2) is 0 Å². The van der Waals surface area contributed by atoms with Crippen LogP contribution in [0.1, 0.15) is 43.4 Å². The predicted octanol–water partition coefficient (Wildman–Crippen LogP) is 3.59. The third-order valence-electron chi connectivity index (χ3n) is 4.78. The molecule has 0 fully saturated rings. The number of para-hydroxylation sites is 2. The van der Waals surface area contributed by atoms with Crippen molar-refractivity contribution in [1.82, 2.24) is 5.32 Å². The van der Waals surface area contributed by atoms with Crippen LogP contribution in [0.25, 0.3) is 0 Å². The average Bonchev–Trinajstić information content (AvgIpc) is 2.74. The Balaban J connectivity index is 1.39. The molecule has 1 N–H and O–H groups in total. The van der Waals surface area contributed by atoms with E-state index >= 15 is 0 Å². The minimum absolute atomic E-state index is 0.0236. The van der Waals surface area contributed by atoms with Crippen molar-refractivity contribution in [2.24, 2.45) is 0 Å². The summed E-state index contributed by atoms with van der Waals surface area (Å²) in [6.45, 7) is 2.29. The van der Waals surface area contributed by atoms with Crippen molar-refractivity contribution < 1.29 is 23.8 Å². The number of nitrogens with one attached hydrogen (secondary N) is 1. The highest BCUT2D eigenvalue weighted by molar-refractivity contribution is 5.81. The Morgan fingerprint density at radius 3 is 2.55 bits per heavy atom. The van der Waals surface area contributed by atoms with Crippen LogP contribution in [-0.2, 0) is 20.7 Å². The maximum atomic E-state index is 12.2. The van der Waals surface area contributed by atoms with Gasteiger partial charge in [-0.2, -0.15) is 0 Å². The average molecular weight is 397 g/mol. The molecule has 2 aromatic carbocycles. The second-order valence-electron chi connectivity index (χ2n) is 6.85. The fraction of sp³-hybridized carbons (Fsp3) is 0.391. The lowest BCUT2D eigenvalue weighted by molar-refractivity contribution is -0.149. The minimum Gasteiger partial charge on any atom is -0.490 e. The molecule has 0 unspecified atom stereocenters. The highest BCUT2D eigenvalue weighted by Gasteiger charge is 2.21. The number of hydrogen-bond donors (Lipinski definition) is 1. The first-order valence-corrected chi connectivity index (χ1v) is 10.0. The predicted molar refractivity (Wildman–Crippen MR) is 109 cm³/mol. The molecule has 1 amide bonds. The normalized spacial score (nSPS) is 15.1. The van der Waals surface area contributed by atoms with Gasteiger partial charge in [0.15, 0.2) is 18.1 Å². The Hall–Kier alpha value is -3.02. The van der Waals surface area contributed by atoms with Crippen LogP contribution >= 0.6 is 0 Å². The van der Waals surface area contributed by atoms with Crippen LogP contribution in [0, 0.1) is 0 Å². The Morgan fingerprint density at radius 1 is 1.03 bits per heavy atom. The molecule has 0 saturated carbocycles. The monoisotopic (exact) mass is 397 g/mol. The third kappa shape index (κ3) is 5.98. The molecule has 1 aliphatic carbocycles. The van der Waals surface area contributed by atoms with Crippen molar-refractivity contribution in [3.63, 3.8) is 0 Å². The van der Waals surface area contributed by atoms with E-state index in [1.54, 1.807) is 6.07 Å². The molecule has 1 aliphatic rings. The van der Waals surface area contributed by atoms with Gasteiger partial charge in [-0.3, -0.25) is 9.59 Å². The second-order valence-corrected chi connectivity index (χ2v) is 6.85. The number of carbonyl (C=O) groups is 2. The van der Waals surface area contributed by atoms with Gasteiger partial charge in [-0.1, -0.05) is 36.4 Å². The molecular weight excluding hydrogens is 370 g/mol. The maximum absolute atomic E-state index is 12.2. The van der Waals surface area contributed by atoms with Crippen LogP contribution in [0.3, 0.4) is 0 Å². The van der Waals surface area contributed by atoms with Gasteiger partial charge in [0.05, 0.1) is 25.7 Å². The second kappa shape index (κ2) is 10.5. The summed E-state index contributed by atoms with van der Waals surface area (Å²) in [6, 6.07) is 15.4. The van der Waals surface area contributed by atoms with E-state index in [-0.39, 0.29) is 31.6 Å². The molecule has 2 aromatic rings. The van der Waals surface area contributed by atoms with Gasteiger partial charge in [-0.05, 0) is 49.4 Å². The van der Waals surface area contributed by atoms with Crippen molar-refractivity contribution in [2.75, 3.05) is 19.8 Å². The molecule has 0 heterocycles. The molecule has 0 spiro atoms. The van der Waals surface area contributed by atoms with Crippen LogP contribution in [0.5, 0.6) is 11.5 Å². The molecule has 0 aliphatic heterocycles. The first-order chi connectivity index (χ1) is 14.2. The number of ether oxygens (including phenoxy) is 3. The van der Waals surface area contributed by atoms with Crippen molar-refractivity contribution in [3.05, 3.63) is 59.7 Å². The maximum Gasteiger partial charge on any atom is 0.309 e. The first-order valence-electron chi connectivity index (χ1n) is 10.0. The molecule has 0 saturated heterocycles. The van der Waals surface area contributed by atoms with Gasteiger partial charge >= 0.3 is 5.97 Å². The summed E-state index contributed by atoms with van der Waals surface area (Å²) in [5.41, 5.74) is 2.42. The number of amides is 1. The fourth-order valence-corrected chi connectivity index (χ4v) is 3.45. The minimum atomic E-state index is -0.474. The largest absolute Gasteiger partial charge is 0.490 e.